The maximum atomic E-state index is 11.8. The Morgan fingerprint density at radius 1 is 1.21 bits per heavy atom. The maximum absolute atomic E-state index is 11.8. The molecule has 0 aliphatic rings. The van der Waals surface area contributed by atoms with Crippen molar-refractivity contribution in [3.05, 3.63) is 54.1 Å². The van der Waals surface area contributed by atoms with Crippen LogP contribution in [0.3, 0.4) is 0 Å². The predicted molar refractivity (Wildman–Crippen MR) is 108 cm³/mol. The Hall–Kier alpha value is -3.24. The van der Waals surface area contributed by atoms with Crippen molar-refractivity contribution in [2.24, 2.45) is 0 Å². The number of nitrogens with zero attached hydrogens (tertiary/aromatic N) is 5. The van der Waals surface area contributed by atoms with E-state index in [9.17, 15) is 8.42 Å². The fourth-order valence-electron chi connectivity index (χ4n) is 2.70. The highest BCUT2D eigenvalue weighted by Crippen LogP contribution is 2.29. The second-order valence-electron chi connectivity index (χ2n) is 6.14. The Kier molecular flexibility index (Phi) is 4.81. The van der Waals surface area contributed by atoms with Crippen molar-refractivity contribution in [3.8, 4) is 17.0 Å². The summed E-state index contributed by atoms with van der Waals surface area (Å²) < 4.78 is 30.4. The molecule has 0 atom stereocenters. The van der Waals surface area contributed by atoms with E-state index in [1.807, 2.05) is 0 Å². The molecule has 4 aromatic rings. The molecule has 29 heavy (non-hydrogen) atoms. The highest BCUT2D eigenvalue weighted by atomic mass is 35.5. The SMILES string of the molecule is COc1ccc(Nc2nc3c(-c4cncc(S(C)(=O)=O)c4)nccn3n2)cc1Cl. The highest BCUT2D eigenvalue weighted by molar-refractivity contribution is 7.90. The van der Waals surface area contributed by atoms with Crippen molar-refractivity contribution < 1.29 is 13.2 Å². The molecule has 11 heteroatoms. The van der Waals surface area contributed by atoms with Crippen LogP contribution in [0.15, 0.2) is 53.9 Å². The van der Waals surface area contributed by atoms with Gasteiger partial charge >= 0.3 is 0 Å². The molecule has 3 aromatic heterocycles. The van der Waals surface area contributed by atoms with E-state index in [1.54, 1.807) is 42.2 Å². The maximum Gasteiger partial charge on any atom is 0.247 e. The largest absolute Gasteiger partial charge is 0.495 e. The number of hydrogen-bond acceptors (Lipinski definition) is 8. The van der Waals surface area contributed by atoms with Crippen molar-refractivity contribution in [1.82, 2.24) is 24.6 Å². The molecule has 0 aliphatic carbocycles. The first-order valence-corrected chi connectivity index (χ1v) is 10.6. The zero-order valence-corrected chi connectivity index (χ0v) is 16.9. The number of aromatic nitrogens is 5. The van der Waals surface area contributed by atoms with Crippen LogP contribution in [0.25, 0.3) is 16.9 Å². The molecule has 0 aliphatic heterocycles. The Balaban J connectivity index is 1.74. The molecule has 4 rings (SSSR count). The van der Waals surface area contributed by atoms with E-state index in [1.165, 1.54) is 18.5 Å². The molecule has 0 saturated carbocycles. The number of pyridine rings is 1. The van der Waals surface area contributed by atoms with E-state index in [4.69, 9.17) is 16.3 Å². The van der Waals surface area contributed by atoms with Crippen LogP contribution in [-0.2, 0) is 9.84 Å². The first-order chi connectivity index (χ1) is 13.8. The molecule has 148 valence electrons. The van der Waals surface area contributed by atoms with Crippen LogP contribution >= 0.6 is 11.6 Å². The number of fused-ring (bicyclic) bond motifs is 1. The molecule has 3 heterocycles. The lowest BCUT2D eigenvalue weighted by molar-refractivity contribution is 0.415. The molecule has 9 nitrogen and oxygen atoms in total. The standard InChI is InChI=1S/C18H15ClN6O3S/c1-28-15-4-3-12(8-14(15)19)22-18-23-17-16(21-5-6-25(17)24-18)11-7-13(10-20-9-11)29(2,26)27/h3-10H,1-2H3,(H,22,24). The molecule has 1 aromatic carbocycles. The number of anilines is 2. The van der Waals surface area contributed by atoms with E-state index >= 15 is 0 Å². The number of benzene rings is 1. The predicted octanol–water partition coefficient (Wildman–Crippen LogP) is 3.00. The zero-order valence-electron chi connectivity index (χ0n) is 15.4. The van der Waals surface area contributed by atoms with E-state index in [2.05, 4.69) is 25.4 Å². The fraction of sp³-hybridized carbons (Fsp3) is 0.111. The first-order valence-electron chi connectivity index (χ1n) is 8.32. The van der Waals surface area contributed by atoms with E-state index in [0.29, 0.717) is 39.3 Å². The summed E-state index contributed by atoms with van der Waals surface area (Å²) in [5.74, 6) is 0.887. The summed E-state index contributed by atoms with van der Waals surface area (Å²) in [6, 6.07) is 6.73. The lowest BCUT2D eigenvalue weighted by Crippen LogP contribution is -1.99. The summed E-state index contributed by atoms with van der Waals surface area (Å²) >= 11 is 6.15. The molecule has 0 spiro atoms. The van der Waals surface area contributed by atoms with Crippen molar-refractivity contribution in [3.63, 3.8) is 0 Å². The number of rotatable bonds is 5. The van der Waals surface area contributed by atoms with Gasteiger partial charge in [-0.15, -0.1) is 5.10 Å². The van der Waals surface area contributed by atoms with E-state index in [0.717, 1.165) is 6.26 Å². The van der Waals surface area contributed by atoms with Crippen molar-refractivity contribution >= 4 is 38.7 Å². The van der Waals surface area contributed by atoms with Crippen molar-refractivity contribution in [2.45, 2.75) is 4.90 Å². The van der Waals surface area contributed by atoms with E-state index in [-0.39, 0.29) is 4.90 Å². The molecule has 0 amide bonds. The van der Waals surface area contributed by atoms with Gasteiger partial charge in [0.2, 0.25) is 5.95 Å². The minimum atomic E-state index is -3.40. The van der Waals surface area contributed by atoms with Crippen LogP contribution in [0.5, 0.6) is 5.75 Å². The molecule has 1 N–H and O–H groups in total. The Morgan fingerprint density at radius 2 is 2.03 bits per heavy atom. The van der Waals surface area contributed by atoms with Gasteiger partial charge in [0.1, 0.15) is 11.4 Å². The monoisotopic (exact) mass is 430 g/mol. The van der Waals surface area contributed by atoms with Gasteiger partial charge in [0.15, 0.2) is 15.5 Å². The normalized spacial score (nSPS) is 11.6. The van der Waals surface area contributed by atoms with Gasteiger partial charge in [0.05, 0.1) is 17.0 Å². The third-order valence-electron chi connectivity index (χ3n) is 4.08. The van der Waals surface area contributed by atoms with Crippen LogP contribution in [0.4, 0.5) is 11.6 Å². The summed E-state index contributed by atoms with van der Waals surface area (Å²) in [7, 11) is -1.86. The number of hydrogen-bond donors (Lipinski definition) is 1. The Morgan fingerprint density at radius 3 is 2.76 bits per heavy atom. The fourth-order valence-corrected chi connectivity index (χ4v) is 3.55. The number of methoxy groups -OCH3 is 1. The second-order valence-corrected chi connectivity index (χ2v) is 8.56. The first kappa shape index (κ1) is 19.1. The Labute approximate surface area is 171 Å². The molecule has 0 saturated heterocycles. The Bertz CT molecular complexity index is 1320. The number of ether oxygens (including phenoxy) is 1. The van der Waals surface area contributed by atoms with Gasteiger partial charge in [-0.3, -0.25) is 9.97 Å². The average molecular weight is 431 g/mol. The number of sulfone groups is 1. The van der Waals surface area contributed by atoms with E-state index < -0.39 is 9.84 Å². The second kappa shape index (κ2) is 7.30. The third kappa shape index (κ3) is 3.84. The van der Waals surface area contributed by atoms with Crippen LogP contribution in [-0.4, -0.2) is 46.3 Å². The van der Waals surface area contributed by atoms with Crippen LogP contribution in [0, 0.1) is 0 Å². The molecule has 0 fully saturated rings. The summed E-state index contributed by atoms with van der Waals surface area (Å²) in [6.07, 6.45) is 7.15. The molecule has 0 unspecified atom stereocenters. The summed E-state index contributed by atoms with van der Waals surface area (Å²) in [5, 5.41) is 7.91. The average Bonchev–Trinajstić information content (AvgIpc) is 3.10. The van der Waals surface area contributed by atoms with Gasteiger partial charge in [-0.2, -0.15) is 4.98 Å². The topological polar surface area (TPSA) is 111 Å². The van der Waals surface area contributed by atoms with Crippen LogP contribution < -0.4 is 10.1 Å². The zero-order chi connectivity index (χ0) is 20.6. The van der Waals surface area contributed by atoms with Gasteiger partial charge < -0.3 is 10.1 Å². The van der Waals surface area contributed by atoms with Crippen molar-refractivity contribution in [2.75, 3.05) is 18.7 Å². The molecule has 0 radical (unpaired) electrons. The highest BCUT2D eigenvalue weighted by Gasteiger charge is 2.15. The lowest BCUT2D eigenvalue weighted by Gasteiger charge is -2.05. The molecule has 0 bridgehead atoms. The van der Waals surface area contributed by atoms with Crippen LogP contribution in [0.1, 0.15) is 0 Å². The molecular formula is C18H15ClN6O3S. The quantitative estimate of drug-likeness (QED) is 0.514. The van der Waals surface area contributed by atoms with Gasteiger partial charge in [-0.25, -0.2) is 12.9 Å². The summed E-state index contributed by atoms with van der Waals surface area (Å²) in [5.41, 5.74) is 2.10. The number of nitrogens with one attached hydrogen (secondary N) is 1. The van der Waals surface area contributed by atoms with Crippen molar-refractivity contribution in [1.29, 1.82) is 0 Å². The minimum Gasteiger partial charge on any atom is -0.495 e. The lowest BCUT2D eigenvalue weighted by atomic mass is 10.2. The van der Waals surface area contributed by atoms with Crippen LogP contribution in [0.2, 0.25) is 5.02 Å². The minimum absolute atomic E-state index is 0.101. The van der Waals surface area contributed by atoms with Gasteiger partial charge in [0, 0.05) is 42.3 Å². The summed E-state index contributed by atoms with van der Waals surface area (Å²) in [4.78, 5) is 12.9. The van der Waals surface area contributed by atoms with Gasteiger partial charge in [0.25, 0.3) is 0 Å². The summed E-state index contributed by atoms with van der Waals surface area (Å²) in [6.45, 7) is 0. The third-order valence-corrected chi connectivity index (χ3v) is 5.45. The van der Waals surface area contributed by atoms with Gasteiger partial charge in [-0.05, 0) is 24.3 Å². The molecular weight excluding hydrogens is 416 g/mol. The number of halogens is 1. The smallest absolute Gasteiger partial charge is 0.247 e. The van der Waals surface area contributed by atoms with Gasteiger partial charge in [-0.1, -0.05) is 11.6 Å².